The largest absolute Gasteiger partial charge is 0.325 e. The Morgan fingerprint density at radius 3 is 2.71 bits per heavy atom. The van der Waals surface area contributed by atoms with Crippen molar-refractivity contribution in [3.8, 4) is 0 Å². The number of amides is 1. The third-order valence-corrected chi connectivity index (χ3v) is 5.98. The van der Waals surface area contributed by atoms with Gasteiger partial charge in [0.15, 0.2) is 0 Å². The molecule has 1 aromatic carbocycles. The van der Waals surface area contributed by atoms with Crippen LogP contribution in [0, 0.1) is 24.7 Å². The molecule has 1 aromatic rings. The highest BCUT2D eigenvalue weighted by molar-refractivity contribution is 9.10. The van der Waals surface area contributed by atoms with Gasteiger partial charge in [0.05, 0.1) is 5.69 Å². The van der Waals surface area contributed by atoms with Gasteiger partial charge in [-0.05, 0) is 71.6 Å². The number of hydrogen-bond acceptors (Lipinski definition) is 1. The molecular formula is C18H24BrNO. The molecule has 114 valence electrons. The van der Waals surface area contributed by atoms with E-state index in [-0.39, 0.29) is 11.8 Å². The van der Waals surface area contributed by atoms with Gasteiger partial charge in [-0.15, -0.1) is 0 Å². The van der Waals surface area contributed by atoms with E-state index >= 15 is 0 Å². The summed E-state index contributed by atoms with van der Waals surface area (Å²) < 4.78 is 0.966. The van der Waals surface area contributed by atoms with Crippen molar-refractivity contribution < 1.29 is 4.79 Å². The van der Waals surface area contributed by atoms with Crippen LogP contribution in [0.1, 0.15) is 50.5 Å². The van der Waals surface area contributed by atoms with E-state index < -0.39 is 0 Å². The minimum absolute atomic E-state index is 0.205. The Labute approximate surface area is 135 Å². The Balaban J connectivity index is 1.64. The van der Waals surface area contributed by atoms with Crippen molar-refractivity contribution >= 4 is 27.5 Å². The Bertz CT molecular complexity index is 528. The lowest BCUT2D eigenvalue weighted by atomic mass is 9.67. The summed E-state index contributed by atoms with van der Waals surface area (Å²) >= 11 is 3.52. The molecule has 3 heteroatoms. The number of benzene rings is 1. The van der Waals surface area contributed by atoms with Crippen LogP contribution in [0.25, 0.3) is 0 Å². The van der Waals surface area contributed by atoms with Crippen LogP contribution in [-0.4, -0.2) is 5.91 Å². The van der Waals surface area contributed by atoms with Gasteiger partial charge in [0.1, 0.15) is 0 Å². The quantitative estimate of drug-likeness (QED) is 0.770. The molecule has 0 saturated heterocycles. The van der Waals surface area contributed by atoms with Gasteiger partial charge in [-0.2, -0.15) is 0 Å². The third-order valence-electron chi connectivity index (χ3n) is 5.29. The number of hydrogen-bond donors (Lipinski definition) is 1. The molecule has 0 heterocycles. The van der Waals surface area contributed by atoms with Crippen LogP contribution in [0.15, 0.2) is 22.7 Å². The molecule has 3 unspecified atom stereocenters. The number of carbonyl (C=O) groups is 1. The van der Waals surface area contributed by atoms with Gasteiger partial charge in [0, 0.05) is 10.4 Å². The normalized spacial score (nSPS) is 28.8. The molecule has 2 nitrogen and oxygen atoms in total. The summed E-state index contributed by atoms with van der Waals surface area (Å²) in [6, 6.07) is 6.09. The number of fused-ring (bicyclic) bond motifs is 1. The van der Waals surface area contributed by atoms with Crippen LogP contribution < -0.4 is 5.32 Å². The summed E-state index contributed by atoms with van der Waals surface area (Å²) in [4.78, 5) is 12.6. The van der Waals surface area contributed by atoms with Crippen molar-refractivity contribution in [2.75, 3.05) is 5.32 Å². The molecule has 0 bridgehead atoms. The van der Waals surface area contributed by atoms with E-state index in [1.807, 2.05) is 18.2 Å². The second-order valence-corrected chi connectivity index (χ2v) is 7.64. The Hall–Kier alpha value is -0.830. The third kappa shape index (κ3) is 3.50. The number of halogens is 1. The lowest BCUT2D eigenvalue weighted by Crippen LogP contribution is -2.33. The van der Waals surface area contributed by atoms with Gasteiger partial charge < -0.3 is 5.32 Å². The molecule has 2 aliphatic rings. The monoisotopic (exact) mass is 349 g/mol. The molecular weight excluding hydrogens is 326 g/mol. The van der Waals surface area contributed by atoms with Gasteiger partial charge in [0.2, 0.25) is 5.91 Å². The summed E-state index contributed by atoms with van der Waals surface area (Å²) in [6.07, 6.45) is 8.90. The fourth-order valence-electron chi connectivity index (χ4n) is 4.08. The molecule has 0 spiro atoms. The molecule has 2 saturated carbocycles. The number of carbonyl (C=O) groups excluding carboxylic acids is 1. The lowest BCUT2D eigenvalue weighted by Gasteiger charge is -2.38. The van der Waals surface area contributed by atoms with Crippen molar-refractivity contribution in [2.24, 2.45) is 17.8 Å². The highest BCUT2D eigenvalue weighted by Gasteiger charge is 2.35. The van der Waals surface area contributed by atoms with Crippen LogP contribution in [0.5, 0.6) is 0 Å². The Kier molecular flexibility index (Phi) is 4.68. The van der Waals surface area contributed by atoms with Crippen molar-refractivity contribution in [1.82, 2.24) is 0 Å². The molecule has 2 fully saturated rings. The van der Waals surface area contributed by atoms with Crippen LogP contribution in [0.2, 0.25) is 0 Å². The molecule has 1 amide bonds. The summed E-state index contributed by atoms with van der Waals surface area (Å²) in [7, 11) is 0. The average Bonchev–Trinajstić information content (AvgIpc) is 2.50. The van der Waals surface area contributed by atoms with Crippen molar-refractivity contribution in [1.29, 1.82) is 0 Å². The standard InChI is InChI=1S/C18H24BrNO/c1-12-6-9-16(19)17(10-12)20-18(21)15-8-7-13-4-2-3-5-14(13)11-15/h6,9-10,13-15H,2-5,7-8,11H2,1H3,(H,20,21). The van der Waals surface area contributed by atoms with Crippen LogP contribution in [-0.2, 0) is 4.79 Å². The molecule has 3 atom stereocenters. The van der Waals surface area contributed by atoms with Gasteiger partial charge in [0.25, 0.3) is 0 Å². The van der Waals surface area contributed by atoms with Crippen LogP contribution in [0.3, 0.4) is 0 Å². The van der Waals surface area contributed by atoms with E-state index in [2.05, 4.69) is 28.2 Å². The van der Waals surface area contributed by atoms with Crippen molar-refractivity contribution in [3.63, 3.8) is 0 Å². The summed E-state index contributed by atoms with van der Waals surface area (Å²) in [6.45, 7) is 2.05. The van der Waals surface area contributed by atoms with E-state index in [9.17, 15) is 4.79 Å². The van der Waals surface area contributed by atoms with E-state index in [1.165, 1.54) is 37.7 Å². The van der Waals surface area contributed by atoms with Gasteiger partial charge in [-0.3, -0.25) is 4.79 Å². The van der Waals surface area contributed by atoms with Crippen LogP contribution in [0.4, 0.5) is 5.69 Å². The first kappa shape index (κ1) is 15.1. The zero-order valence-corrected chi connectivity index (χ0v) is 14.3. The topological polar surface area (TPSA) is 29.1 Å². The minimum Gasteiger partial charge on any atom is -0.325 e. The summed E-state index contributed by atoms with van der Waals surface area (Å²) in [5, 5.41) is 3.13. The Morgan fingerprint density at radius 2 is 1.90 bits per heavy atom. The number of aryl methyl sites for hydroxylation is 1. The van der Waals surface area contributed by atoms with Crippen molar-refractivity contribution in [2.45, 2.75) is 51.9 Å². The SMILES string of the molecule is Cc1ccc(Br)c(NC(=O)C2CCC3CCCCC3C2)c1. The second-order valence-electron chi connectivity index (χ2n) is 6.79. The molecule has 1 N–H and O–H groups in total. The molecule has 0 radical (unpaired) electrons. The van der Waals surface area contributed by atoms with Gasteiger partial charge in [-0.25, -0.2) is 0 Å². The first-order valence-electron chi connectivity index (χ1n) is 8.20. The molecule has 2 aliphatic carbocycles. The van der Waals surface area contributed by atoms with E-state index in [0.29, 0.717) is 0 Å². The first-order chi connectivity index (χ1) is 10.1. The lowest BCUT2D eigenvalue weighted by molar-refractivity contribution is -0.122. The minimum atomic E-state index is 0.205. The summed E-state index contributed by atoms with van der Waals surface area (Å²) in [5.41, 5.74) is 2.08. The predicted molar refractivity (Wildman–Crippen MR) is 90.3 cm³/mol. The van der Waals surface area contributed by atoms with Crippen LogP contribution >= 0.6 is 15.9 Å². The fourth-order valence-corrected chi connectivity index (χ4v) is 4.43. The van der Waals surface area contributed by atoms with E-state index in [0.717, 1.165) is 34.8 Å². The van der Waals surface area contributed by atoms with Gasteiger partial charge >= 0.3 is 0 Å². The fraction of sp³-hybridized carbons (Fsp3) is 0.611. The molecule has 0 aliphatic heterocycles. The smallest absolute Gasteiger partial charge is 0.227 e. The summed E-state index contributed by atoms with van der Waals surface area (Å²) in [5.74, 6) is 2.11. The maximum atomic E-state index is 12.6. The maximum Gasteiger partial charge on any atom is 0.227 e. The first-order valence-corrected chi connectivity index (χ1v) is 9.00. The van der Waals surface area contributed by atoms with E-state index in [1.54, 1.807) is 0 Å². The zero-order chi connectivity index (χ0) is 14.8. The van der Waals surface area contributed by atoms with E-state index in [4.69, 9.17) is 0 Å². The molecule has 3 rings (SSSR count). The molecule has 21 heavy (non-hydrogen) atoms. The molecule has 0 aromatic heterocycles. The number of nitrogens with one attached hydrogen (secondary N) is 1. The number of anilines is 1. The highest BCUT2D eigenvalue weighted by Crippen LogP contribution is 2.43. The predicted octanol–water partition coefficient (Wildman–Crippen LogP) is 5.30. The van der Waals surface area contributed by atoms with Gasteiger partial charge in [-0.1, -0.05) is 31.7 Å². The second kappa shape index (κ2) is 6.51. The number of rotatable bonds is 2. The Morgan fingerprint density at radius 1 is 1.14 bits per heavy atom. The zero-order valence-electron chi connectivity index (χ0n) is 12.7. The maximum absolute atomic E-state index is 12.6. The van der Waals surface area contributed by atoms with Crippen molar-refractivity contribution in [3.05, 3.63) is 28.2 Å². The average molecular weight is 350 g/mol. The highest BCUT2D eigenvalue weighted by atomic mass is 79.9.